The summed E-state index contributed by atoms with van der Waals surface area (Å²) in [7, 11) is 0. The molecule has 0 aromatic heterocycles. The number of thiol groups is 1. The molecule has 2 rings (SSSR count). The minimum absolute atomic E-state index is 0.149. The van der Waals surface area contributed by atoms with Crippen LogP contribution in [0, 0.1) is 5.82 Å². The maximum absolute atomic E-state index is 13.8. The van der Waals surface area contributed by atoms with Crippen molar-refractivity contribution in [2.24, 2.45) is 0 Å². The largest absolute Gasteiger partial charge is 0.336 e. The number of rotatable bonds is 3. The monoisotopic (exact) mass is 281 g/mol. The Hall–Kier alpha value is -1.03. The normalized spacial score (nSPS) is 19.5. The van der Waals surface area contributed by atoms with E-state index in [0.29, 0.717) is 4.90 Å². The Morgan fingerprint density at radius 2 is 2.26 bits per heavy atom. The van der Waals surface area contributed by atoms with Crippen molar-refractivity contribution in [3.8, 4) is 0 Å². The Bertz CT molecular complexity index is 461. The van der Waals surface area contributed by atoms with Crippen molar-refractivity contribution in [3.63, 3.8) is 0 Å². The van der Waals surface area contributed by atoms with Crippen molar-refractivity contribution in [1.29, 1.82) is 0 Å². The van der Waals surface area contributed by atoms with Crippen molar-refractivity contribution in [3.05, 3.63) is 29.6 Å². The summed E-state index contributed by atoms with van der Waals surface area (Å²) in [5.41, 5.74) is 0.149. The van der Waals surface area contributed by atoms with Gasteiger partial charge in [0.25, 0.3) is 5.91 Å². The molecule has 0 radical (unpaired) electrons. The van der Waals surface area contributed by atoms with Crippen molar-refractivity contribution < 1.29 is 9.18 Å². The van der Waals surface area contributed by atoms with Crippen LogP contribution < -0.4 is 0 Å². The zero-order valence-electron chi connectivity index (χ0n) is 11.2. The Kier molecular flexibility index (Phi) is 4.86. The number of amides is 1. The van der Waals surface area contributed by atoms with Gasteiger partial charge in [-0.25, -0.2) is 4.39 Å². The molecular weight excluding hydrogens is 261 g/mol. The van der Waals surface area contributed by atoms with Crippen LogP contribution in [-0.4, -0.2) is 23.4 Å². The van der Waals surface area contributed by atoms with Crippen LogP contribution in [0.5, 0.6) is 0 Å². The van der Waals surface area contributed by atoms with E-state index < -0.39 is 5.82 Å². The SMILES string of the molecule is CCCC1CCCCN1C(=O)c1cc(S)ccc1F. The van der Waals surface area contributed by atoms with E-state index in [1.165, 1.54) is 12.1 Å². The minimum atomic E-state index is -0.455. The predicted octanol–water partition coefficient (Wildman–Crippen LogP) is 3.91. The first-order chi connectivity index (χ1) is 9.13. The second kappa shape index (κ2) is 6.42. The summed E-state index contributed by atoms with van der Waals surface area (Å²) in [6.07, 6.45) is 5.23. The quantitative estimate of drug-likeness (QED) is 0.833. The molecule has 1 aromatic rings. The fraction of sp³-hybridized carbons (Fsp3) is 0.533. The molecule has 1 aromatic carbocycles. The Labute approximate surface area is 119 Å². The van der Waals surface area contributed by atoms with Crippen molar-refractivity contribution in [2.75, 3.05) is 6.54 Å². The van der Waals surface area contributed by atoms with E-state index >= 15 is 0 Å². The Morgan fingerprint density at radius 1 is 1.47 bits per heavy atom. The van der Waals surface area contributed by atoms with Crippen LogP contribution in [0.25, 0.3) is 0 Å². The average molecular weight is 281 g/mol. The molecule has 2 nitrogen and oxygen atoms in total. The van der Waals surface area contributed by atoms with Gasteiger partial charge >= 0.3 is 0 Å². The number of carbonyl (C=O) groups is 1. The maximum atomic E-state index is 13.8. The molecule has 1 amide bonds. The lowest BCUT2D eigenvalue weighted by Crippen LogP contribution is -2.44. The van der Waals surface area contributed by atoms with Crippen LogP contribution in [0.2, 0.25) is 0 Å². The van der Waals surface area contributed by atoms with Crippen LogP contribution >= 0.6 is 12.6 Å². The van der Waals surface area contributed by atoms with E-state index in [0.717, 1.165) is 38.6 Å². The summed E-state index contributed by atoms with van der Waals surface area (Å²) in [6, 6.07) is 4.66. The lowest BCUT2D eigenvalue weighted by atomic mass is 9.97. The minimum Gasteiger partial charge on any atom is -0.336 e. The fourth-order valence-corrected chi connectivity index (χ4v) is 2.94. The standard InChI is InChI=1S/C15H20FNOS/c1-2-5-11-6-3-4-9-17(11)15(18)13-10-12(19)7-8-14(13)16/h7-8,10-11,19H,2-6,9H2,1H3. The van der Waals surface area contributed by atoms with Crippen LogP contribution in [0.15, 0.2) is 23.1 Å². The van der Waals surface area contributed by atoms with Crippen LogP contribution in [0.3, 0.4) is 0 Å². The van der Waals surface area contributed by atoms with Gasteiger partial charge in [-0.2, -0.15) is 0 Å². The van der Waals surface area contributed by atoms with Gasteiger partial charge in [-0.05, 0) is 43.9 Å². The summed E-state index contributed by atoms with van der Waals surface area (Å²) >= 11 is 4.19. The van der Waals surface area contributed by atoms with Crippen LogP contribution in [-0.2, 0) is 0 Å². The van der Waals surface area contributed by atoms with E-state index in [2.05, 4.69) is 19.6 Å². The molecule has 0 N–H and O–H groups in total. The third-order valence-corrected chi connectivity index (χ3v) is 3.97. The van der Waals surface area contributed by atoms with Gasteiger partial charge in [0.2, 0.25) is 0 Å². The van der Waals surface area contributed by atoms with Gasteiger partial charge in [-0.3, -0.25) is 4.79 Å². The van der Waals surface area contributed by atoms with Crippen LogP contribution in [0.4, 0.5) is 4.39 Å². The van der Waals surface area contributed by atoms with Gasteiger partial charge in [0.15, 0.2) is 0 Å². The zero-order valence-corrected chi connectivity index (χ0v) is 12.1. The molecule has 0 aliphatic carbocycles. The van der Waals surface area contributed by atoms with Gasteiger partial charge < -0.3 is 4.90 Å². The van der Waals surface area contributed by atoms with E-state index in [4.69, 9.17) is 0 Å². The Morgan fingerprint density at radius 3 is 3.00 bits per heavy atom. The topological polar surface area (TPSA) is 20.3 Å². The highest BCUT2D eigenvalue weighted by Crippen LogP contribution is 2.24. The second-order valence-corrected chi connectivity index (χ2v) is 5.62. The molecule has 1 heterocycles. The van der Waals surface area contributed by atoms with Gasteiger partial charge in [0, 0.05) is 17.5 Å². The maximum Gasteiger partial charge on any atom is 0.257 e. The molecule has 4 heteroatoms. The number of hydrogen-bond acceptors (Lipinski definition) is 2. The average Bonchev–Trinajstić information content (AvgIpc) is 2.42. The number of piperidine rings is 1. The van der Waals surface area contributed by atoms with Crippen molar-refractivity contribution in [2.45, 2.75) is 50.0 Å². The van der Waals surface area contributed by atoms with E-state index in [1.54, 1.807) is 6.07 Å². The first-order valence-corrected chi connectivity index (χ1v) is 7.37. The molecule has 1 aliphatic rings. The van der Waals surface area contributed by atoms with Gasteiger partial charge in [-0.1, -0.05) is 13.3 Å². The Balaban J connectivity index is 2.23. The third kappa shape index (κ3) is 3.30. The highest BCUT2D eigenvalue weighted by molar-refractivity contribution is 7.80. The summed E-state index contributed by atoms with van der Waals surface area (Å²) in [6.45, 7) is 2.85. The third-order valence-electron chi connectivity index (χ3n) is 3.69. The number of likely N-dealkylation sites (tertiary alicyclic amines) is 1. The number of halogens is 1. The summed E-state index contributed by atoms with van der Waals surface area (Å²) in [5.74, 6) is -0.643. The highest BCUT2D eigenvalue weighted by atomic mass is 32.1. The number of carbonyl (C=O) groups excluding carboxylic acids is 1. The molecule has 1 atom stereocenters. The highest BCUT2D eigenvalue weighted by Gasteiger charge is 2.28. The van der Waals surface area contributed by atoms with Gasteiger partial charge in [-0.15, -0.1) is 12.6 Å². The lowest BCUT2D eigenvalue weighted by molar-refractivity contribution is 0.0595. The molecule has 19 heavy (non-hydrogen) atoms. The summed E-state index contributed by atoms with van der Waals surface area (Å²) < 4.78 is 13.8. The van der Waals surface area contributed by atoms with E-state index in [-0.39, 0.29) is 17.5 Å². The van der Waals surface area contributed by atoms with Gasteiger partial charge in [0.05, 0.1) is 5.56 Å². The fourth-order valence-electron chi connectivity index (χ4n) is 2.73. The predicted molar refractivity (Wildman–Crippen MR) is 77.2 cm³/mol. The molecule has 0 saturated carbocycles. The molecule has 1 fully saturated rings. The number of hydrogen-bond donors (Lipinski definition) is 1. The number of nitrogens with zero attached hydrogens (tertiary/aromatic N) is 1. The number of benzene rings is 1. The summed E-state index contributed by atoms with van der Waals surface area (Å²) in [4.78, 5) is 15.0. The van der Waals surface area contributed by atoms with Crippen molar-refractivity contribution >= 4 is 18.5 Å². The first kappa shape index (κ1) is 14.4. The lowest BCUT2D eigenvalue weighted by Gasteiger charge is -2.36. The molecule has 1 unspecified atom stereocenters. The molecule has 1 saturated heterocycles. The molecular formula is C15H20FNOS. The van der Waals surface area contributed by atoms with E-state index in [9.17, 15) is 9.18 Å². The zero-order chi connectivity index (χ0) is 13.8. The van der Waals surface area contributed by atoms with Crippen molar-refractivity contribution in [1.82, 2.24) is 4.90 Å². The second-order valence-electron chi connectivity index (χ2n) is 5.10. The smallest absolute Gasteiger partial charge is 0.257 e. The molecule has 104 valence electrons. The molecule has 0 spiro atoms. The van der Waals surface area contributed by atoms with E-state index in [1.807, 2.05) is 4.90 Å². The van der Waals surface area contributed by atoms with Gasteiger partial charge in [0.1, 0.15) is 5.82 Å². The first-order valence-electron chi connectivity index (χ1n) is 6.93. The summed E-state index contributed by atoms with van der Waals surface area (Å²) in [5, 5.41) is 0. The van der Waals surface area contributed by atoms with Crippen LogP contribution in [0.1, 0.15) is 49.4 Å². The molecule has 1 aliphatic heterocycles. The molecule has 0 bridgehead atoms.